The highest BCUT2D eigenvalue weighted by molar-refractivity contribution is 5.96. The van der Waals surface area contributed by atoms with Gasteiger partial charge >= 0.3 is 30.2 Å². The second kappa shape index (κ2) is 21.9. The van der Waals surface area contributed by atoms with E-state index in [2.05, 4.69) is 31.2 Å². The molecule has 0 aliphatic carbocycles. The lowest BCUT2D eigenvalue weighted by atomic mass is 10.1. The van der Waals surface area contributed by atoms with Crippen molar-refractivity contribution in [3.05, 3.63) is 52.4 Å². The van der Waals surface area contributed by atoms with Gasteiger partial charge in [0.25, 0.3) is 0 Å². The van der Waals surface area contributed by atoms with E-state index in [0.29, 0.717) is 38.9 Å². The summed E-state index contributed by atoms with van der Waals surface area (Å²) in [5.41, 5.74) is 4.64. The molecule has 0 unspecified atom stereocenters. The minimum atomic E-state index is -1.37. The number of rotatable bonds is 21. The number of nitrogens with one attached hydrogen (secondary N) is 3. The lowest BCUT2D eigenvalue weighted by Gasteiger charge is -2.44. The Morgan fingerprint density at radius 2 is 0.807 bits per heavy atom. The van der Waals surface area contributed by atoms with Crippen molar-refractivity contribution in [2.24, 2.45) is 0 Å². The van der Waals surface area contributed by atoms with Crippen LogP contribution in [0.3, 0.4) is 0 Å². The Morgan fingerprint density at radius 3 is 1.11 bits per heavy atom. The lowest BCUT2D eigenvalue weighted by molar-refractivity contribution is -0.0937. The molecule has 3 aromatic rings. The molecule has 0 radical (unpaired) electrons. The normalized spacial score (nSPS) is 13.5. The maximum Gasteiger partial charge on any atom is 0.342 e. The summed E-state index contributed by atoms with van der Waals surface area (Å²) in [6, 6.07) is 3.72. The predicted octanol–water partition coefficient (Wildman–Crippen LogP) is 5.32. The molecule has 18 nitrogen and oxygen atoms in total. The maximum atomic E-state index is 13.6. The van der Waals surface area contributed by atoms with E-state index in [0.717, 1.165) is 92.0 Å². The average Bonchev–Trinajstić information content (AvgIpc) is 3.82. The van der Waals surface area contributed by atoms with Crippen LogP contribution in [0.15, 0.2) is 18.2 Å². The SMILES string of the molecule is Cc1cc(C)n(C(=O)NCCCCCCN2C(=O)N(CCCCCCNC(=O)n3nc(C)cc3C)C(O)N(CCCCCCNC(=O)n3nc(C)cc3C)C2=O)n1. The van der Waals surface area contributed by atoms with Crippen LogP contribution in [0.25, 0.3) is 0 Å². The number of amides is 7. The molecule has 1 aliphatic heterocycles. The Morgan fingerprint density at radius 1 is 0.509 bits per heavy atom. The number of hydrogen-bond donors (Lipinski definition) is 4. The number of aryl methyl sites for hydroxylation is 6. The second-order valence-corrected chi connectivity index (χ2v) is 14.9. The quantitative estimate of drug-likeness (QED) is 0.103. The number of aromatic nitrogens is 6. The highest BCUT2D eigenvalue weighted by Crippen LogP contribution is 2.21. The van der Waals surface area contributed by atoms with Gasteiger partial charge in [0.1, 0.15) is 0 Å². The van der Waals surface area contributed by atoms with Crippen LogP contribution in [0, 0.1) is 41.5 Å². The molecule has 7 amide bonds. The summed E-state index contributed by atoms with van der Waals surface area (Å²) >= 11 is 0. The van der Waals surface area contributed by atoms with Crippen molar-refractivity contribution >= 4 is 30.2 Å². The number of imide groups is 1. The highest BCUT2D eigenvalue weighted by Gasteiger charge is 2.42. The molecule has 4 rings (SSSR count). The first kappa shape index (κ1) is 44.5. The van der Waals surface area contributed by atoms with E-state index >= 15 is 0 Å². The van der Waals surface area contributed by atoms with Crippen molar-refractivity contribution in [1.29, 1.82) is 0 Å². The van der Waals surface area contributed by atoms with Gasteiger partial charge in [-0.05, 0) is 98.3 Å². The first-order valence-electron chi connectivity index (χ1n) is 20.3. The van der Waals surface area contributed by atoms with E-state index in [1.807, 2.05) is 59.7 Å². The first-order valence-corrected chi connectivity index (χ1v) is 20.3. The number of nitrogens with zero attached hydrogens (tertiary/aromatic N) is 9. The third kappa shape index (κ3) is 12.9. The van der Waals surface area contributed by atoms with Crippen LogP contribution < -0.4 is 16.0 Å². The van der Waals surface area contributed by atoms with Gasteiger partial charge in [-0.2, -0.15) is 29.3 Å². The van der Waals surface area contributed by atoms with Gasteiger partial charge in [0, 0.05) is 56.4 Å². The van der Waals surface area contributed by atoms with E-state index in [-0.39, 0.29) is 37.7 Å². The molecule has 4 N–H and O–H groups in total. The van der Waals surface area contributed by atoms with Gasteiger partial charge in [-0.25, -0.2) is 28.9 Å². The van der Waals surface area contributed by atoms with Crippen LogP contribution in [-0.4, -0.2) is 125 Å². The molecule has 1 saturated heterocycles. The van der Waals surface area contributed by atoms with Crippen molar-refractivity contribution in [3.63, 3.8) is 0 Å². The molecule has 0 saturated carbocycles. The number of hydrogen-bond acceptors (Lipinski definition) is 9. The number of aliphatic hydroxyl groups excluding tert-OH is 1. The van der Waals surface area contributed by atoms with Crippen molar-refractivity contribution in [2.45, 2.75) is 125 Å². The Labute approximate surface area is 335 Å². The molecular formula is C39H62N12O6. The summed E-state index contributed by atoms with van der Waals surface area (Å²) in [6.45, 7) is 13.3. The van der Waals surface area contributed by atoms with Crippen LogP contribution in [0.4, 0.5) is 24.0 Å². The Kier molecular flexibility index (Phi) is 17.1. The molecule has 3 aromatic heterocycles. The van der Waals surface area contributed by atoms with Crippen LogP contribution >= 0.6 is 0 Å². The van der Waals surface area contributed by atoms with E-state index < -0.39 is 18.4 Å². The fraction of sp³-hybridized carbons (Fsp3) is 0.641. The zero-order valence-corrected chi connectivity index (χ0v) is 34.6. The number of carbonyl (C=O) groups excluding carboxylic acids is 5. The van der Waals surface area contributed by atoms with Gasteiger partial charge in [0.15, 0.2) is 0 Å². The number of aliphatic hydroxyl groups is 1. The van der Waals surface area contributed by atoms with Crippen molar-refractivity contribution in [1.82, 2.24) is 60.0 Å². The number of unbranched alkanes of at least 4 members (excludes halogenated alkanes) is 9. The number of urea groups is 2. The van der Waals surface area contributed by atoms with E-state index in [4.69, 9.17) is 0 Å². The van der Waals surface area contributed by atoms with Gasteiger partial charge < -0.3 is 21.1 Å². The predicted molar refractivity (Wildman–Crippen MR) is 214 cm³/mol. The minimum Gasteiger partial charge on any atom is -0.356 e. The van der Waals surface area contributed by atoms with Crippen molar-refractivity contribution in [2.75, 3.05) is 39.3 Å². The molecule has 314 valence electrons. The third-order valence-electron chi connectivity index (χ3n) is 9.91. The average molecular weight is 795 g/mol. The fourth-order valence-corrected chi connectivity index (χ4v) is 6.96. The monoisotopic (exact) mass is 794 g/mol. The summed E-state index contributed by atoms with van der Waals surface area (Å²) in [5, 5.41) is 32.6. The summed E-state index contributed by atoms with van der Waals surface area (Å²) in [4.78, 5) is 68.5. The third-order valence-corrected chi connectivity index (χ3v) is 9.91. The topological polar surface area (TPSA) is 205 Å². The largest absolute Gasteiger partial charge is 0.356 e. The van der Waals surface area contributed by atoms with Crippen LogP contribution in [0.5, 0.6) is 0 Å². The summed E-state index contributed by atoms with van der Waals surface area (Å²) < 4.78 is 4.06. The zero-order valence-electron chi connectivity index (χ0n) is 34.6. The van der Waals surface area contributed by atoms with Gasteiger partial charge in [0.2, 0.25) is 6.35 Å². The Bertz CT molecular complexity index is 1720. The van der Waals surface area contributed by atoms with E-state index in [9.17, 15) is 29.1 Å². The van der Waals surface area contributed by atoms with Gasteiger partial charge in [-0.3, -0.25) is 9.80 Å². The first-order chi connectivity index (χ1) is 27.3. The van der Waals surface area contributed by atoms with E-state index in [1.54, 1.807) is 0 Å². The molecule has 18 heteroatoms. The summed E-state index contributed by atoms with van der Waals surface area (Å²) in [5.74, 6) is 0. The minimum absolute atomic E-state index is 0.222. The molecular weight excluding hydrogens is 733 g/mol. The molecule has 1 aliphatic rings. The Hall–Kier alpha value is -5.26. The Balaban J connectivity index is 1.21. The smallest absolute Gasteiger partial charge is 0.342 e. The molecule has 0 bridgehead atoms. The maximum absolute atomic E-state index is 13.6. The van der Waals surface area contributed by atoms with Crippen LogP contribution in [0.2, 0.25) is 0 Å². The lowest BCUT2D eigenvalue weighted by Crippen LogP contribution is -2.66. The van der Waals surface area contributed by atoms with Crippen LogP contribution in [0.1, 0.15) is 111 Å². The van der Waals surface area contributed by atoms with Crippen molar-refractivity contribution < 1.29 is 29.1 Å². The molecule has 4 heterocycles. The standard InChI is InChI=1S/C39H62N12O6/c1-28-25-31(4)49(43-28)34(52)40-19-13-7-10-16-22-46-37(55)47(23-17-11-8-14-20-41-35(53)50-32(5)26-29(2)44-50)39(57)48(38(46)56)24-18-12-9-15-21-42-36(54)51-33(6)27-30(3)45-51/h25-27,37,55H,7-24H2,1-6H3,(H,40,52)(H,41,53)(H,42,54). The molecule has 57 heavy (non-hydrogen) atoms. The molecule has 1 fully saturated rings. The second-order valence-electron chi connectivity index (χ2n) is 14.9. The fourth-order valence-electron chi connectivity index (χ4n) is 6.96. The highest BCUT2D eigenvalue weighted by atomic mass is 16.3. The van der Waals surface area contributed by atoms with Gasteiger partial charge in [-0.15, -0.1) is 0 Å². The molecule has 0 atom stereocenters. The van der Waals surface area contributed by atoms with Gasteiger partial charge in [0.05, 0.1) is 17.1 Å². The summed E-state index contributed by atoms with van der Waals surface area (Å²) in [7, 11) is 0. The molecule has 0 spiro atoms. The molecule has 0 aromatic carbocycles. The summed E-state index contributed by atoms with van der Waals surface area (Å²) in [6.07, 6.45) is 7.41. The number of carbonyl (C=O) groups is 5. The van der Waals surface area contributed by atoms with E-state index in [1.165, 1.54) is 28.7 Å². The van der Waals surface area contributed by atoms with Crippen LogP contribution in [-0.2, 0) is 0 Å². The zero-order chi connectivity index (χ0) is 41.5. The van der Waals surface area contributed by atoms with Gasteiger partial charge in [-0.1, -0.05) is 38.5 Å². The van der Waals surface area contributed by atoms with Crippen molar-refractivity contribution in [3.8, 4) is 0 Å².